The van der Waals surface area contributed by atoms with Crippen molar-refractivity contribution in [3.8, 4) is 0 Å². The van der Waals surface area contributed by atoms with E-state index in [9.17, 15) is 17.6 Å². The summed E-state index contributed by atoms with van der Waals surface area (Å²) in [5.41, 5.74) is 2.31. The molecule has 1 N–H and O–H groups in total. The van der Waals surface area contributed by atoms with E-state index in [1.165, 1.54) is 54.9 Å². The number of sulfonamides is 1. The summed E-state index contributed by atoms with van der Waals surface area (Å²) in [4.78, 5) is 15.4. The molecule has 1 aliphatic rings. The molecule has 1 saturated heterocycles. The van der Waals surface area contributed by atoms with Crippen LogP contribution in [0.3, 0.4) is 0 Å². The number of benzene rings is 3. The number of carbonyl (C=O) groups is 1. The molecule has 8 heteroatoms. The summed E-state index contributed by atoms with van der Waals surface area (Å²) < 4.78 is 41.2. The highest BCUT2D eigenvalue weighted by Crippen LogP contribution is 2.26. The molecule has 6 nitrogen and oxygen atoms in total. The van der Waals surface area contributed by atoms with E-state index in [4.69, 9.17) is 0 Å². The standard InChI is InChI=1S/C28H32FN3O3S/c1-21-7-6-18-31(19-21)25-14-10-23(11-15-25)22(2)30-28(33)20-32(26-16-12-24(29)13-17-26)36(34,35)27-8-4-3-5-9-27/h3-5,8-17,21-22H,6-7,18-20H2,1-2H3,(H,30,33). The lowest BCUT2D eigenvalue weighted by atomic mass is 9.99. The molecular weight excluding hydrogens is 477 g/mol. The predicted molar refractivity (Wildman–Crippen MR) is 141 cm³/mol. The SMILES string of the molecule is CC1CCCN(c2ccc(C(C)NC(=O)CN(c3ccc(F)cc3)S(=O)(=O)c3ccccc3)cc2)C1. The summed E-state index contributed by atoms with van der Waals surface area (Å²) in [6.45, 7) is 5.79. The van der Waals surface area contributed by atoms with Crippen molar-refractivity contribution in [3.05, 3.63) is 90.2 Å². The van der Waals surface area contributed by atoms with Crippen molar-refractivity contribution in [1.29, 1.82) is 0 Å². The smallest absolute Gasteiger partial charge is 0.264 e. The van der Waals surface area contributed by atoms with Crippen LogP contribution in [0.5, 0.6) is 0 Å². The van der Waals surface area contributed by atoms with E-state index in [2.05, 4.69) is 29.3 Å². The van der Waals surface area contributed by atoms with Gasteiger partial charge in [-0.2, -0.15) is 0 Å². The molecule has 1 aliphatic heterocycles. The number of rotatable bonds is 8. The van der Waals surface area contributed by atoms with Crippen molar-refractivity contribution in [2.24, 2.45) is 5.92 Å². The Kier molecular flexibility index (Phi) is 7.94. The maximum atomic E-state index is 13.5. The van der Waals surface area contributed by atoms with Gasteiger partial charge in [-0.25, -0.2) is 12.8 Å². The van der Waals surface area contributed by atoms with Gasteiger partial charge in [-0.15, -0.1) is 0 Å². The Bertz CT molecular complexity index is 1270. The summed E-state index contributed by atoms with van der Waals surface area (Å²) in [6, 6.07) is 20.8. The van der Waals surface area contributed by atoms with E-state index >= 15 is 0 Å². The molecule has 3 aromatic rings. The first-order valence-electron chi connectivity index (χ1n) is 12.2. The molecule has 0 spiro atoms. The molecule has 0 radical (unpaired) electrons. The van der Waals surface area contributed by atoms with Crippen LogP contribution in [0, 0.1) is 11.7 Å². The van der Waals surface area contributed by atoms with Gasteiger partial charge in [0.05, 0.1) is 16.6 Å². The molecule has 0 aromatic heterocycles. The Morgan fingerprint density at radius 2 is 1.72 bits per heavy atom. The van der Waals surface area contributed by atoms with Crippen LogP contribution in [0.2, 0.25) is 0 Å². The van der Waals surface area contributed by atoms with Gasteiger partial charge in [0.25, 0.3) is 10.0 Å². The van der Waals surface area contributed by atoms with E-state index in [0.29, 0.717) is 5.92 Å². The number of hydrogen-bond donors (Lipinski definition) is 1. The molecule has 1 fully saturated rings. The first kappa shape index (κ1) is 25.7. The van der Waals surface area contributed by atoms with E-state index in [-0.39, 0.29) is 16.6 Å². The minimum atomic E-state index is -4.04. The van der Waals surface area contributed by atoms with Gasteiger partial charge in [-0.1, -0.05) is 37.3 Å². The van der Waals surface area contributed by atoms with E-state index < -0.39 is 28.3 Å². The van der Waals surface area contributed by atoms with Gasteiger partial charge < -0.3 is 10.2 Å². The summed E-state index contributed by atoms with van der Waals surface area (Å²) in [5.74, 6) is -0.274. The second-order valence-electron chi connectivity index (χ2n) is 9.38. The van der Waals surface area contributed by atoms with Crippen LogP contribution in [0.15, 0.2) is 83.8 Å². The van der Waals surface area contributed by atoms with Crippen molar-refractivity contribution >= 4 is 27.3 Å². The van der Waals surface area contributed by atoms with E-state index in [1.807, 2.05) is 19.1 Å². The van der Waals surface area contributed by atoms with Gasteiger partial charge in [0.1, 0.15) is 12.4 Å². The van der Waals surface area contributed by atoms with Crippen molar-refractivity contribution in [2.45, 2.75) is 37.6 Å². The van der Waals surface area contributed by atoms with Gasteiger partial charge in [0.2, 0.25) is 5.91 Å². The third-order valence-electron chi connectivity index (χ3n) is 6.53. The number of piperidine rings is 1. The minimum Gasteiger partial charge on any atom is -0.371 e. The van der Waals surface area contributed by atoms with Crippen molar-refractivity contribution in [3.63, 3.8) is 0 Å². The van der Waals surface area contributed by atoms with Crippen LogP contribution in [-0.2, 0) is 14.8 Å². The monoisotopic (exact) mass is 509 g/mol. The number of halogens is 1. The Hall–Kier alpha value is -3.39. The summed E-state index contributed by atoms with van der Waals surface area (Å²) in [6.07, 6.45) is 2.44. The van der Waals surface area contributed by atoms with Crippen molar-refractivity contribution < 1.29 is 17.6 Å². The highest BCUT2D eigenvalue weighted by Gasteiger charge is 2.27. The van der Waals surface area contributed by atoms with Gasteiger partial charge in [0.15, 0.2) is 0 Å². The Balaban J connectivity index is 1.48. The van der Waals surface area contributed by atoms with E-state index in [0.717, 1.165) is 23.0 Å². The fraction of sp³-hybridized carbons (Fsp3) is 0.321. The lowest BCUT2D eigenvalue weighted by Gasteiger charge is -2.33. The first-order valence-corrected chi connectivity index (χ1v) is 13.7. The lowest BCUT2D eigenvalue weighted by Crippen LogP contribution is -2.41. The molecular formula is C28H32FN3O3S. The van der Waals surface area contributed by atoms with E-state index in [1.54, 1.807) is 18.2 Å². The number of hydrogen-bond acceptors (Lipinski definition) is 4. The van der Waals surface area contributed by atoms with Gasteiger partial charge in [-0.3, -0.25) is 9.10 Å². The van der Waals surface area contributed by atoms with Crippen LogP contribution in [0.25, 0.3) is 0 Å². The molecule has 2 atom stereocenters. The maximum Gasteiger partial charge on any atom is 0.264 e. The molecule has 3 aromatic carbocycles. The summed E-state index contributed by atoms with van der Waals surface area (Å²) >= 11 is 0. The van der Waals surface area contributed by atoms with Gasteiger partial charge in [-0.05, 0) is 79.8 Å². The summed E-state index contributed by atoms with van der Waals surface area (Å²) in [5, 5.41) is 2.90. The number of nitrogens with one attached hydrogen (secondary N) is 1. The number of amides is 1. The van der Waals surface area contributed by atoms with Crippen LogP contribution >= 0.6 is 0 Å². The molecule has 0 saturated carbocycles. The van der Waals surface area contributed by atoms with Crippen molar-refractivity contribution in [2.75, 3.05) is 28.8 Å². The number of nitrogens with zero attached hydrogens (tertiary/aromatic N) is 2. The zero-order valence-corrected chi connectivity index (χ0v) is 21.4. The third-order valence-corrected chi connectivity index (χ3v) is 8.31. The summed E-state index contributed by atoms with van der Waals surface area (Å²) in [7, 11) is -4.04. The average Bonchev–Trinajstić information content (AvgIpc) is 2.88. The van der Waals surface area contributed by atoms with Crippen LogP contribution in [-0.4, -0.2) is 34.0 Å². The average molecular weight is 510 g/mol. The molecule has 0 bridgehead atoms. The zero-order chi connectivity index (χ0) is 25.7. The van der Waals surface area contributed by atoms with Crippen molar-refractivity contribution in [1.82, 2.24) is 5.32 Å². The highest BCUT2D eigenvalue weighted by molar-refractivity contribution is 7.92. The topological polar surface area (TPSA) is 69.7 Å². The fourth-order valence-electron chi connectivity index (χ4n) is 4.54. The van der Waals surface area contributed by atoms with Gasteiger partial charge >= 0.3 is 0 Å². The molecule has 1 heterocycles. The van der Waals surface area contributed by atoms with Crippen LogP contribution < -0.4 is 14.5 Å². The molecule has 1 amide bonds. The highest BCUT2D eigenvalue weighted by atomic mass is 32.2. The molecule has 36 heavy (non-hydrogen) atoms. The number of anilines is 2. The quantitative estimate of drug-likeness (QED) is 0.457. The molecule has 4 rings (SSSR count). The predicted octanol–water partition coefficient (Wildman–Crippen LogP) is 5.13. The largest absolute Gasteiger partial charge is 0.371 e. The van der Waals surface area contributed by atoms with Crippen LogP contribution in [0.1, 0.15) is 38.3 Å². The Labute approximate surface area is 212 Å². The first-order chi connectivity index (χ1) is 17.2. The Morgan fingerprint density at radius 3 is 2.36 bits per heavy atom. The van der Waals surface area contributed by atoms with Gasteiger partial charge in [0, 0.05) is 18.8 Å². The normalized spacial score (nSPS) is 16.9. The fourth-order valence-corrected chi connectivity index (χ4v) is 5.98. The molecule has 0 aliphatic carbocycles. The minimum absolute atomic E-state index is 0.0535. The van der Waals surface area contributed by atoms with Crippen LogP contribution in [0.4, 0.5) is 15.8 Å². The zero-order valence-electron chi connectivity index (χ0n) is 20.6. The third kappa shape index (κ3) is 6.05. The lowest BCUT2D eigenvalue weighted by molar-refractivity contribution is -0.120. The maximum absolute atomic E-state index is 13.5. The molecule has 2 unspecified atom stereocenters. The second-order valence-corrected chi connectivity index (χ2v) is 11.2. The number of carbonyl (C=O) groups excluding carboxylic acids is 1. The molecule has 190 valence electrons. The second kappa shape index (κ2) is 11.1. The Morgan fingerprint density at radius 1 is 1.06 bits per heavy atom.